The Morgan fingerprint density at radius 2 is 1.77 bits per heavy atom. The van der Waals surface area contributed by atoms with E-state index in [0.717, 1.165) is 5.56 Å². The molecule has 1 amide bonds. The van der Waals surface area contributed by atoms with Crippen LogP contribution in [-0.2, 0) is 6.61 Å². The summed E-state index contributed by atoms with van der Waals surface area (Å²) in [7, 11) is 3.00. The van der Waals surface area contributed by atoms with Crippen molar-refractivity contribution < 1.29 is 19.0 Å². The Labute approximate surface area is 128 Å². The van der Waals surface area contributed by atoms with E-state index in [1.54, 1.807) is 6.07 Å². The molecule has 0 fully saturated rings. The van der Waals surface area contributed by atoms with Crippen molar-refractivity contribution >= 4 is 5.91 Å². The van der Waals surface area contributed by atoms with E-state index in [-0.39, 0.29) is 0 Å². The molecule has 3 N–H and O–H groups in total. The number of nitrogens with two attached hydrogens (primary N) is 1. The molecular formula is C16H18N2O4. The Morgan fingerprint density at radius 1 is 1.09 bits per heavy atom. The lowest BCUT2D eigenvalue weighted by Crippen LogP contribution is -2.30. The minimum atomic E-state index is -0.439. The van der Waals surface area contributed by atoms with E-state index < -0.39 is 5.91 Å². The average Bonchev–Trinajstić information content (AvgIpc) is 2.59. The molecule has 0 saturated heterocycles. The van der Waals surface area contributed by atoms with Crippen molar-refractivity contribution in [1.29, 1.82) is 0 Å². The topological polar surface area (TPSA) is 82.8 Å². The van der Waals surface area contributed by atoms with E-state index in [1.165, 1.54) is 20.3 Å². The lowest BCUT2D eigenvalue weighted by atomic mass is 10.1. The van der Waals surface area contributed by atoms with Crippen molar-refractivity contribution in [3.05, 3.63) is 53.6 Å². The van der Waals surface area contributed by atoms with Gasteiger partial charge in [-0.15, -0.1) is 0 Å². The summed E-state index contributed by atoms with van der Waals surface area (Å²) < 4.78 is 16.3. The van der Waals surface area contributed by atoms with E-state index in [9.17, 15) is 4.79 Å². The van der Waals surface area contributed by atoms with Gasteiger partial charge in [0.15, 0.2) is 11.5 Å². The van der Waals surface area contributed by atoms with Crippen LogP contribution in [0.5, 0.6) is 17.2 Å². The molecule has 0 bridgehead atoms. The lowest BCUT2D eigenvalue weighted by molar-refractivity contribution is 0.0952. The first kappa shape index (κ1) is 15.7. The van der Waals surface area contributed by atoms with Crippen LogP contribution in [0.15, 0.2) is 42.5 Å². The smallest absolute Gasteiger partial charge is 0.265 e. The van der Waals surface area contributed by atoms with Crippen molar-refractivity contribution in [3.63, 3.8) is 0 Å². The van der Waals surface area contributed by atoms with E-state index in [1.807, 2.05) is 30.3 Å². The average molecular weight is 302 g/mol. The number of nitrogens with one attached hydrogen (secondary N) is 1. The third-order valence-electron chi connectivity index (χ3n) is 3.08. The van der Waals surface area contributed by atoms with Crippen LogP contribution >= 0.6 is 0 Å². The fraction of sp³-hybridized carbons (Fsp3) is 0.188. The first-order valence-corrected chi connectivity index (χ1v) is 6.63. The normalized spacial score (nSPS) is 9.95. The van der Waals surface area contributed by atoms with Crippen LogP contribution in [0.4, 0.5) is 0 Å². The SMILES string of the molecule is COc1cc(C(=O)NN)cc(OCc2ccccc2)c1OC. The van der Waals surface area contributed by atoms with Gasteiger partial charge in [-0.1, -0.05) is 30.3 Å². The lowest BCUT2D eigenvalue weighted by Gasteiger charge is -2.15. The van der Waals surface area contributed by atoms with Crippen LogP contribution in [0.2, 0.25) is 0 Å². The van der Waals surface area contributed by atoms with Gasteiger partial charge in [0.05, 0.1) is 14.2 Å². The van der Waals surface area contributed by atoms with Gasteiger partial charge < -0.3 is 14.2 Å². The number of carbonyl (C=O) groups excluding carboxylic acids is 1. The number of carbonyl (C=O) groups is 1. The Bertz CT molecular complexity index is 644. The molecule has 0 unspecified atom stereocenters. The Balaban J connectivity index is 2.32. The molecule has 0 saturated carbocycles. The number of hydrazine groups is 1. The van der Waals surface area contributed by atoms with Gasteiger partial charge in [0.2, 0.25) is 5.75 Å². The highest BCUT2D eigenvalue weighted by Gasteiger charge is 2.17. The third-order valence-corrected chi connectivity index (χ3v) is 3.08. The van der Waals surface area contributed by atoms with E-state index >= 15 is 0 Å². The second-order valence-corrected chi connectivity index (χ2v) is 4.46. The molecule has 0 radical (unpaired) electrons. The zero-order chi connectivity index (χ0) is 15.9. The molecule has 0 aliphatic heterocycles. The van der Waals surface area contributed by atoms with Crippen LogP contribution in [0.25, 0.3) is 0 Å². The number of hydrogen-bond donors (Lipinski definition) is 2. The maximum absolute atomic E-state index is 11.7. The number of benzene rings is 2. The molecule has 2 rings (SSSR count). The van der Waals surface area contributed by atoms with Crippen LogP contribution in [0.3, 0.4) is 0 Å². The van der Waals surface area contributed by atoms with Gasteiger partial charge in [-0.25, -0.2) is 5.84 Å². The minimum absolute atomic E-state index is 0.322. The summed E-state index contributed by atoms with van der Waals surface area (Å²) in [5, 5.41) is 0. The Hall–Kier alpha value is -2.73. The molecule has 2 aromatic rings. The van der Waals surface area contributed by atoms with Crippen molar-refractivity contribution in [3.8, 4) is 17.2 Å². The summed E-state index contributed by atoms with van der Waals surface area (Å²) in [6, 6.07) is 12.8. The highest BCUT2D eigenvalue weighted by Crippen LogP contribution is 2.38. The zero-order valence-electron chi connectivity index (χ0n) is 12.5. The van der Waals surface area contributed by atoms with Gasteiger partial charge in [-0.2, -0.15) is 0 Å². The molecule has 0 heterocycles. The molecule has 116 valence electrons. The summed E-state index contributed by atoms with van der Waals surface area (Å²) in [6.07, 6.45) is 0. The molecular weight excluding hydrogens is 284 g/mol. The predicted molar refractivity (Wildman–Crippen MR) is 82.0 cm³/mol. The van der Waals surface area contributed by atoms with Gasteiger partial charge in [0.1, 0.15) is 6.61 Å². The van der Waals surface area contributed by atoms with Crippen LogP contribution in [0, 0.1) is 0 Å². The summed E-state index contributed by atoms with van der Waals surface area (Å²) in [6.45, 7) is 0.341. The van der Waals surface area contributed by atoms with Crippen LogP contribution in [-0.4, -0.2) is 20.1 Å². The fourth-order valence-corrected chi connectivity index (χ4v) is 1.99. The molecule has 2 aromatic carbocycles. The second kappa shape index (κ2) is 7.33. The largest absolute Gasteiger partial charge is 0.493 e. The maximum atomic E-state index is 11.7. The second-order valence-electron chi connectivity index (χ2n) is 4.46. The number of nitrogen functional groups attached to an aromatic ring is 1. The van der Waals surface area contributed by atoms with E-state index in [0.29, 0.717) is 29.4 Å². The summed E-state index contributed by atoms with van der Waals surface area (Å²) in [5.41, 5.74) is 3.40. The van der Waals surface area contributed by atoms with Crippen LogP contribution in [0.1, 0.15) is 15.9 Å². The maximum Gasteiger partial charge on any atom is 0.265 e. The highest BCUT2D eigenvalue weighted by molar-refractivity contribution is 5.95. The molecule has 22 heavy (non-hydrogen) atoms. The first-order chi connectivity index (χ1) is 10.7. The number of ether oxygens (including phenoxy) is 3. The Kier molecular flexibility index (Phi) is 5.21. The van der Waals surface area contributed by atoms with Gasteiger partial charge in [-0.3, -0.25) is 10.2 Å². The Morgan fingerprint density at radius 3 is 2.36 bits per heavy atom. The van der Waals surface area contributed by atoms with Crippen molar-refractivity contribution in [2.45, 2.75) is 6.61 Å². The van der Waals surface area contributed by atoms with Crippen LogP contribution < -0.4 is 25.5 Å². The summed E-state index contributed by atoms with van der Waals surface area (Å²) in [4.78, 5) is 11.7. The molecule has 0 aliphatic rings. The molecule has 0 atom stereocenters. The standard InChI is InChI=1S/C16H18N2O4/c1-20-13-8-12(16(19)18-17)9-14(15(13)21-2)22-10-11-6-4-3-5-7-11/h3-9H,10,17H2,1-2H3,(H,18,19). The van der Waals surface area contributed by atoms with Gasteiger partial charge in [0.25, 0.3) is 5.91 Å². The fourth-order valence-electron chi connectivity index (χ4n) is 1.99. The number of amides is 1. The van der Waals surface area contributed by atoms with E-state index in [4.69, 9.17) is 20.1 Å². The van der Waals surface area contributed by atoms with Crippen molar-refractivity contribution in [2.24, 2.45) is 5.84 Å². The molecule has 0 aliphatic carbocycles. The summed E-state index contributed by atoms with van der Waals surface area (Å²) in [5.74, 6) is 5.95. The van der Waals surface area contributed by atoms with Crippen molar-refractivity contribution in [1.82, 2.24) is 5.43 Å². The minimum Gasteiger partial charge on any atom is -0.493 e. The van der Waals surface area contributed by atoms with Crippen molar-refractivity contribution in [2.75, 3.05) is 14.2 Å². The highest BCUT2D eigenvalue weighted by atomic mass is 16.5. The number of rotatable bonds is 6. The van der Waals surface area contributed by atoms with Gasteiger partial charge >= 0.3 is 0 Å². The summed E-state index contributed by atoms with van der Waals surface area (Å²) >= 11 is 0. The molecule has 0 spiro atoms. The third kappa shape index (κ3) is 3.48. The molecule has 6 heteroatoms. The monoisotopic (exact) mass is 302 g/mol. The number of methoxy groups -OCH3 is 2. The predicted octanol–water partition coefficient (Wildman–Crippen LogP) is 1.89. The van der Waals surface area contributed by atoms with Gasteiger partial charge in [0, 0.05) is 5.56 Å². The molecule has 0 aromatic heterocycles. The first-order valence-electron chi connectivity index (χ1n) is 6.63. The quantitative estimate of drug-likeness (QED) is 0.484. The zero-order valence-corrected chi connectivity index (χ0v) is 12.5. The van der Waals surface area contributed by atoms with E-state index in [2.05, 4.69) is 5.43 Å². The molecule has 6 nitrogen and oxygen atoms in total. The number of hydrogen-bond acceptors (Lipinski definition) is 5. The van der Waals surface area contributed by atoms with Gasteiger partial charge in [-0.05, 0) is 17.7 Å².